The maximum atomic E-state index is 3.70. The largest absolute Gasteiger partial charge is 0.312 e. The monoisotopic (exact) mass is 212 g/mol. The molecule has 90 valence electrons. The summed E-state index contributed by atoms with van der Waals surface area (Å²) in [7, 11) is 0. The quantitative estimate of drug-likeness (QED) is 0.756. The van der Waals surface area contributed by atoms with E-state index in [0.29, 0.717) is 11.5 Å². The zero-order valence-electron chi connectivity index (χ0n) is 11.1. The summed E-state index contributed by atoms with van der Waals surface area (Å²) in [6.07, 6.45) is 2.55. The van der Waals surface area contributed by atoms with Crippen molar-refractivity contribution in [3.63, 3.8) is 0 Å². The Morgan fingerprint density at radius 3 is 2.53 bits per heavy atom. The maximum absolute atomic E-state index is 3.70. The molecule has 0 aromatic heterocycles. The third-order valence-electron chi connectivity index (χ3n) is 3.55. The van der Waals surface area contributed by atoms with E-state index in [0.717, 1.165) is 6.04 Å². The first kappa shape index (κ1) is 13.0. The van der Waals surface area contributed by atoms with Gasteiger partial charge in [0.2, 0.25) is 0 Å². The second-order valence-electron chi connectivity index (χ2n) is 6.01. The average Bonchev–Trinajstić information content (AvgIpc) is 2.29. The molecule has 2 atom stereocenters. The van der Waals surface area contributed by atoms with Gasteiger partial charge in [0.15, 0.2) is 0 Å². The molecule has 0 aromatic rings. The van der Waals surface area contributed by atoms with Gasteiger partial charge in [-0.25, -0.2) is 0 Å². The Kier molecular flexibility index (Phi) is 4.60. The van der Waals surface area contributed by atoms with Gasteiger partial charge in [0.1, 0.15) is 0 Å². The number of rotatable bonds is 2. The van der Waals surface area contributed by atoms with E-state index in [-0.39, 0.29) is 0 Å². The van der Waals surface area contributed by atoms with Crippen LogP contribution < -0.4 is 5.32 Å². The van der Waals surface area contributed by atoms with Crippen LogP contribution in [-0.2, 0) is 0 Å². The summed E-state index contributed by atoms with van der Waals surface area (Å²) >= 11 is 0. The van der Waals surface area contributed by atoms with Crippen molar-refractivity contribution in [1.29, 1.82) is 0 Å². The Balaban J connectivity index is 2.63. The average molecular weight is 212 g/mol. The molecule has 0 saturated carbocycles. The molecule has 1 saturated heterocycles. The molecule has 0 aromatic carbocycles. The van der Waals surface area contributed by atoms with Gasteiger partial charge in [0, 0.05) is 18.6 Å². The number of hydrogen-bond acceptors (Lipinski definition) is 2. The van der Waals surface area contributed by atoms with Crippen LogP contribution in [0.5, 0.6) is 0 Å². The van der Waals surface area contributed by atoms with E-state index < -0.39 is 0 Å². The fourth-order valence-corrected chi connectivity index (χ4v) is 2.31. The summed E-state index contributed by atoms with van der Waals surface area (Å²) in [5.74, 6) is 0. The first-order valence-corrected chi connectivity index (χ1v) is 6.42. The molecule has 1 fully saturated rings. The molecule has 0 bridgehead atoms. The Bertz CT molecular complexity index is 183. The van der Waals surface area contributed by atoms with Crippen molar-refractivity contribution in [3.05, 3.63) is 0 Å². The number of hydrogen-bond donors (Lipinski definition) is 1. The van der Waals surface area contributed by atoms with Gasteiger partial charge in [0.05, 0.1) is 0 Å². The molecule has 1 aliphatic rings. The van der Waals surface area contributed by atoms with Gasteiger partial charge in [-0.3, -0.25) is 4.90 Å². The van der Waals surface area contributed by atoms with Crippen molar-refractivity contribution >= 4 is 0 Å². The highest BCUT2D eigenvalue weighted by Crippen LogP contribution is 2.23. The van der Waals surface area contributed by atoms with Crippen molar-refractivity contribution in [3.8, 4) is 0 Å². The van der Waals surface area contributed by atoms with Crippen LogP contribution in [0.1, 0.15) is 47.5 Å². The smallest absolute Gasteiger partial charge is 0.0243 e. The maximum Gasteiger partial charge on any atom is 0.0243 e. The topological polar surface area (TPSA) is 15.3 Å². The van der Waals surface area contributed by atoms with Crippen LogP contribution >= 0.6 is 0 Å². The van der Waals surface area contributed by atoms with E-state index in [1.54, 1.807) is 0 Å². The molecule has 15 heavy (non-hydrogen) atoms. The molecule has 0 spiro atoms. The minimum absolute atomic E-state index is 0.371. The fourth-order valence-electron chi connectivity index (χ4n) is 2.31. The lowest BCUT2D eigenvalue weighted by Crippen LogP contribution is -2.47. The Morgan fingerprint density at radius 1 is 1.33 bits per heavy atom. The molecule has 1 N–H and O–H groups in total. The highest BCUT2D eigenvalue weighted by Gasteiger charge is 2.29. The molecule has 2 heteroatoms. The lowest BCUT2D eigenvalue weighted by molar-refractivity contribution is 0.164. The molecular weight excluding hydrogens is 184 g/mol. The van der Waals surface area contributed by atoms with Gasteiger partial charge >= 0.3 is 0 Å². The van der Waals surface area contributed by atoms with Crippen molar-refractivity contribution < 1.29 is 0 Å². The van der Waals surface area contributed by atoms with Crippen molar-refractivity contribution in [2.45, 2.75) is 59.5 Å². The summed E-state index contributed by atoms with van der Waals surface area (Å²) in [5.41, 5.74) is 0.371. The van der Waals surface area contributed by atoms with Crippen LogP contribution in [0, 0.1) is 5.41 Å². The standard InChI is InChI=1S/C13H28N2/c1-6-9-15-10-12(13(3,4)5)14-8-7-11(15)2/h11-12,14H,6-10H2,1-5H3. The van der Waals surface area contributed by atoms with Gasteiger partial charge in [-0.15, -0.1) is 0 Å². The molecule has 0 radical (unpaired) electrons. The lowest BCUT2D eigenvalue weighted by atomic mass is 9.86. The van der Waals surface area contributed by atoms with Crippen molar-refractivity contribution in [1.82, 2.24) is 10.2 Å². The summed E-state index contributed by atoms with van der Waals surface area (Å²) in [5, 5.41) is 3.70. The van der Waals surface area contributed by atoms with Crippen molar-refractivity contribution in [2.24, 2.45) is 5.41 Å². The van der Waals surface area contributed by atoms with E-state index in [1.807, 2.05) is 0 Å². The number of nitrogens with zero attached hydrogens (tertiary/aromatic N) is 1. The molecule has 1 heterocycles. The minimum atomic E-state index is 0.371. The normalized spacial score (nSPS) is 30.2. The van der Waals surface area contributed by atoms with Gasteiger partial charge in [0.25, 0.3) is 0 Å². The van der Waals surface area contributed by atoms with E-state index in [9.17, 15) is 0 Å². The second kappa shape index (κ2) is 5.31. The SMILES string of the molecule is CCCN1CC(C(C)(C)C)NCCC1C. The Labute approximate surface area is 95.4 Å². The van der Waals surface area contributed by atoms with E-state index in [4.69, 9.17) is 0 Å². The third-order valence-corrected chi connectivity index (χ3v) is 3.55. The van der Waals surface area contributed by atoms with E-state index in [2.05, 4.69) is 44.8 Å². The summed E-state index contributed by atoms with van der Waals surface area (Å²) < 4.78 is 0. The summed E-state index contributed by atoms with van der Waals surface area (Å²) in [6, 6.07) is 1.37. The molecule has 2 unspecified atom stereocenters. The molecular formula is C13H28N2. The van der Waals surface area contributed by atoms with Gasteiger partial charge < -0.3 is 5.32 Å². The zero-order valence-corrected chi connectivity index (χ0v) is 11.1. The Hall–Kier alpha value is -0.0800. The summed E-state index contributed by atoms with van der Waals surface area (Å²) in [4.78, 5) is 2.65. The van der Waals surface area contributed by atoms with Crippen LogP contribution in [0.25, 0.3) is 0 Å². The zero-order chi connectivity index (χ0) is 11.5. The summed E-state index contributed by atoms with van der Waals surface area (Å²) in [6.45, 7) is 15.3. The van der Waals surface area contributed by atoms with Crippen LogP contribution in [0.4, 0.5) is 0 Å². The van der Waals surface area contributed by atoms with E-state index in [1.165, 1.54) is 32.5 Å². The lowest BCUT2D eigenvalue weighted by Gasteiger charge is -2.35. The van der Waals surface area contributed by atoms with Gasteiger partial charge in [-0.1, -0.05) is 27.7 Å². The predicted octanol–water partition coefficient (Wildman–Crippen LogP) is 2.49. The first-order valence-electron chi connectivity index (χ1n) is 6.42. The second-order valence-corrected chi connectivity index (χ2v) is 6.01. The van der Waals surface area contributed by atoms with Crippen LogP contribution in [0.15, 0.2) is 0 Å². The van der Waals surface area contributed by atoms with E-state index >= 15 is 0 Å². The Morgan fingerprint density at radius 2 is 2.00 bits per heavy atom. The predicted molar refractivity (Wildman–Crippen MR) is 67.2 cm³/mol. The molecule has 1 aliphatic heterocycles. The van der Waals surface area contributed by atoms with Crippen molar-refractivity contribution in [2.75, 3.05) is 19.6 Å². The minimum Gasteiger partial charge on any atom is -0.312 e. The highest BCUT2D eigenvalue weighted by atomic mass is 15.2. The van der Waals surface area contributed by atoms with Gasteiger partial charge in [-0.2, -0.15) is 0 Å². The van der Waals surface area contributed by atoms with Crippen LogP contribution in [-0.4, -0.2) is 36.6 Å². The number of nitrogens with one attached hydrogen (secondary N) is 1. The third kappa shape index (κ3) is 3.76. The molecule has 0 aliphatic carbocycles. The molecule has 0 amide bonds. The molecule has 2 nitrogen and oxygen atoms in total. The van der Waals surface area contributed by atoms with Gasteiger partial charge in [-0.05, 0) is 38.3 Å². The first-order chi connectivity index (χ1) is 6.95. The molecule has 1 rings (SSSR count). The highest BCUT2D eigenvalue weighted by molar-refractivity contribution is 4.87. The van der Waals surface area contributed by atoms with Crippen LogP contribution in [0.2, 0.25) is 0 Å². The van der Waals surface area contributed by atoms with Crippen LogP contribution in [0.3, 0.4) is 0 Å². The fraction of sp³-hybridized carbons (Fsp3) is 1.00.